The lowest BCUT2D eigenvalue weighted by Crippen LogP contribution is -2.38. The highest BCUT2D eigenvalue weighted by molar-refractivity contribution is 5.82. The van der Waals surface area contributed by atoms with Crippen molar-refractivity contribution in [2.45, 2.75) is 19.8 Å². The molecule has 0 amide bonds. The summed E-state index contributed by atoms with van der Waals surface area (Å²) in [5.74, 6) is 0.428. The molecular weight excluding hydrogens is 284 g/mol. The van der Waals surface area contributed by atoms with E-state index < -0.39 is 0 Å². The second-order valence-electron chi connectivity index (χ2n) is 5.15. The first-order valence-corrected chi connectivity index (χ1v) is 7.72. The minimum atomic E-state index is -0.282. The summed E-state index contributed by atoms with van der Waals surface area (Å²) in [4.78, 5) is 13.8. The number of anilines is 2. The molecule has 0 spiro atoms. The zero-order valence-electron chi connectivity index (χ0n) is 13.0. The number of rotatable bonds is 8. The van der Waals surface area contributed by atoms with Crippen molar-refractivity contribution in [2.75, 3.05) is 50.2 Å². The molecule has 1 aromatic carbocycles. The first-order chi connectivity index (χ1) is 10.7. The van der Waals surface area contributed by atoms with Gasteiger partial charge in [-0.1, -0.05) is 19.4 Å². The second kappa shape index (κ2) is 8.48. The standard InChI is InChI=1S/C16H24N2O4/c1-2-3-8-20-10-11-22-15(19)12-18-7-9-21-14-6-4-5-13(17)16(14)18/h4-6H,2-3,7-12,17H2,1H3. The number of carbonyl (C=O) groups excluding carboxylic acids is 1. The topological polar surface area (TPSA) is 74.0 Å². The van der Waals surface area contributed by atoms with Gasteiger partial charge in [0.05, 0.1) is 18.8 Å². The Balaban J connectivity index is 1.78. The Hall–Kier alpha value is -1.95. The van der Waals surface area contributed by atoms with Gasteiger partial charge < -0.3 is 24.8 Å². The number of nitrogen functional groups attached to an aromatic ring is 1. The molecule has 6 heteroatoms. The number of esters is 1. The van der Waals surface area contributed by atoms with Gasteiger partial charge in [-0.15, -0.1) is 0 Å². The van der Waals surface area contributed by atoms with E-state index in [1.165, 1.54) is 0 Å². The number of nitrogens with two attached hydrogens (primary N) is 1. The monoisotopic (exact) mass is 308 g/mol. The minimum absolute atomic E-state index is 0.166. The highest BCUT2D eigenvalue weighted by Gasteiger charge is 2.22. The molecule has 0 unspecified atom stereocenters. The number of nitrogens with zero attached hydrogens (tertiary/aromatic N) is 1. The zero-order chi connectivity index (χ0) is 15.8. The van der Waals surface area contributed by atoms with Crippen LogP contribution in [0.4, 0.5) is 11.4 Å². The van der Waals surface area contributed by atoms with Gasteiger partial charge >= 0.3 is 5.97 Å². The molecule has 22 heavy (non-hydrogen) atoms. The number of hydrogen-bond acceptors (Lipinski definition) is 6. The summed E-state index contributed by atoms with van der Waals surface area (Å²) < 4.78 is 16.1. The van der Waals surface area contributed by atoms with Gasteiger partial charge in [0.25, 0.3) is 0 Å². The summed E-state index contributed by atoms with van der Waals surface area (Å²) in [6.45, 7) is 4.85. The molecule has 1 aliphatic heterocycles. The summed E-state index contributed by atoms with van der Waals surface area (Å²) in [5, 5.41) is 0. The molecule has 0 bridgehead atoms. The highest BCUT2D eigenvalue weighted by Crippen LogP contribution is 2.36. The average molecular weight is 308 g/mol. The Morgan fingerprint density at radius 2 is 2.23 bits per heavy atom. The molecule has 0 fully saturated rings. The van der Waals surface area contributed by atoms with Gasteiger partial charge in [-0.2, -0.15) is 0 Å². The lowest BCUT2D eigenvalue weighted by Gasteiger charge is -2.31. The van der Waals surface area contributed by atoms with Crippen molar-refractivity contribution in [3.63, 3.8) is 0 Å². The number of hydrogen-bond donors (Lipinski definition) is 1. The molecule has 1 aromatic rings. The van der Waals surface area contributed by atoms with Gasteiger partial charge in [-0.05, 0) is 18.6 Å². The molecule has 1 heterocycles. The van der Waals surface area contributed by atoms with Crippen molar-refractivity contribution < 1.29 is 19.0 Å². The normalized spacial score (nSPS) is 13.4. The van der Waals surface area contributed by atoms with E-state index in [2.05, 4.69) is 6.92 Å². The fraction of sp³-hybridized carbons (Fsp3) is 0.562. The Morgan fingerprint density at radius 1 is 1.36 bits per heavy atom. The Bertz CT molecular complexity index is 493. The predicted molar refractivity (Wildman–Crippen MR) is 85.2 cm³/mol. The number of fused-ring (bicyclic) bond motifs is 1. The molecule has 0 aliphatic carbocycles. The van der Waals surface area contributed by atoms with Gasteiger partial charge in [0, 0.05) is 6.61 Å². The van der Waals surface area contributed by atoms with Crippen LogP contribution in [0.3, 0.4) is 0 Å². The number of unbranched alkanes of at least 4 members (excludes halogenated alkanes) is 1. The van der Waals surface area contributed by atoms with Crippen molar-refractivity contribution in [2.24, 2.45) is 0 Å². The number of ether oxygens (including phenoxy) is 3. The molecule has 0 aromatic heterocycles. The molecule has 122 valence electrons. The van der Waals surface area contributed by atoms with Crippen LogP contribution in [0.25, 0.3) is 0 Å². The molecule has 0 atom stereocenters. The van der Waals surface area contributed by atoms with Crippen LogP contribution in [-0.4, -0.2) is 45.5 Å². The minimum Gasteiger partial charge on any atom is -0.489 e. The van der Waals surface area contributed by atoms with Crippen LogP contribution in [0.1, 0.15) is 19.8 Å². The maximum absolute atomic E-state index is 11.9. The van der Waals surface area contributed by atoms with E-state index in [9.17, 15) is 4.79 Å². The SMILES string of the molecule is CCCCOCCOC(=O)CN1CCOc2cccc(N)c21. The van der Waals surface area contributed by atoms with E-state index in [4.69, 9.17) is 19.9 Å². The van der Waals surface area contributed by atoms with Crippen molar-refractivity contribution in [3.05, 3.63) is 18.2 Å². The Morgan fingerprint density at radius 3 is 3.05 bits per heavy atom. The van der Waals surface area contributed by atoms with Crippen LogP contribution in [0.15, 0.2) is 18.2 Å². The molecule has 0 saturated carbocycles. The van der Waals surface area contributed by atoms with Gasteiger partial charge in [0.1, 0.15) is 31.2 Å². The molecular formula is C16H24N2O4. The summed E-state index contributed by atoms with van der Waals surface area (Å²) in [6, 6.07) is 5.49. The Kier molecular flexibility index (Phi) is 6.33. The lowest BCUT2D eigenvalue weighted by atomic mass is 10.2. The molecule has 1 aliphatic rings. The highest BCUT2D eigenvalue weighted by atomic mass is 16.6. The Labute approximate surface area is 131 Å². The van der Waals surface area contributed by atoms with Crippen LogP contribution < -0.4 is 15.4 Å². The zero-order valence-corrected chi connectivity index (χ0v) is 13.0. The van der Waals surface area contributed by atoms with Gasteiger partial charge in [0.15, 0.2) is 0 Å². The first-order valence-electron chi connectivity index (χ1n) is 7.72. The van der Waals surface area contributed by atoms with Gasteiger partial charge in [-0.3, -0.25) is 4.79 Å². The third-order valence-electron chi connectivity index (χ3n) is 3.42. The molecule has 6 nitrogen and oxygen atoms in total. The maximum Gasteiger partial charge on any atom is 0.325 e. The van der Waals surface area contributed by atoms with Crippen LogP contribution >= 0.6 is 0 Å². The quantitative estimate of drug-likeness (QED) is 0.449. The van der Waals surface area contributed by atoms with Crippen molar-refractivity contribution in [3.8, 4) is 5.75 Å². The van der Waals surface area contributed by atoms with E-state index in [0.29, 0.717) is 37.8 Å². The molecule has 0 saturated heterocycles. The fourth-order valence-corrected chi connectivity index (χ4v) is 2.29. The lowest BCUT2D eigenvalue weighted by molar-refractivity contribution is -0.143. The molecule has 0 radical (unpaired) electrons. The predicted octanol–water partition coefficient (Wildman–Crippen LogP) is 1.83. The second-order valence-corrected chi connectivity index (χ2v) is 5.15. The van der Waals surface area contributed by atoms with E-state index in [0.717, 1.165) is 18.5 Å². The number of carbonyl (C=O) groups is 1. The summed E-state index contributed by atoms with van der Waals surface area (Å²) in [5.41, 5.74) is 7.35. The van der Waals surface area contributed by atoms with Crippen molar-refractivity contribution in [1.82, 2.24) is 0 Å². The molecule has 2 rings (SSSR count). The first kappa shape index (κ1) is 16.4. The third-order valence-corrected chi connectivity index (χ3v) is 3.42. The third kappa shape index (κ3) is 4.53. The number of para-hydroxylation sites is 1. The summed E-state index contributed by atoms with van der Waals surface area (Å²) in [6.07, 6.45) is 2.12. The smallest absolute Gasteiger partial charge is 0.325 e. The summed E-state index contributed by atoms with van der Waals surface area (Å²) in [7, 11) is 0. The van der Waals surface area contributed by atoms with Crippen LogP contribution in [0.5, 0.6) is 5.75 Å². The van der Waals surface area contributed by atoms with E-state index >= 15 is 0 Å². The van der Waals surface area contributed by atoms with E-state index in [1.54, 1.807) is 6.07 Å². The van der Waals surface area contributed by atoms with Crippen LogP contribution in [0, 0.1) is 0 Å². The average Bonchev–Trinajstić information content (AvgIpc) is 2.51. The number of benzene rings is 1. The molecule has 2 N–H and O–H groups in total. The largest absolute Gasteiger partial charge is 0.489 e. The van der Waals surface area contributed by atoms with E-state index in [-0.39, 0.29) is 19.1 Å². The van der Waals surface area contributed by atoms with Crippen LogP contribution in [0.2, 0.25) is 0 Å². The summed E-state index contributed by atoms with van der Waals surface area (Å²) >= 11 is 0. The van der Waals surface area contributed by atoms with Gasteiger partial charge in [0.2, 0.25) is 0 Å². The fourth-order valence-electron chi connectivity index (χ4n) is 2.29. The van der Waals surface area contributed by atoms with Crippen LogP contribution in [-0.2, 0) is 14.3 Å². The van der Waals surface area contributed by atoms with Crippen molar-refractivity contribution >= 4 is 17.3 Å². The van der Waals surface area contributed by atoms with Crippen molar-refractivity contribution in [1.29, 1.82) is 0 Å². The maximum atomic E-state index is 11.9. The van der Waals surface area contributed by atoms with E-state index in [1.807, 2.05) is 17.0 Å². The van der Waals surface area contributed by atoms with Gasteiger partial charge in [-0.25, -0.2) is 0 Å².